The van der Waals surface area contributed by atoms with Gasteiger partial charge in [0.2, 0.25) is 5.91 Å². The fraction of sp³-hybridized carbons (Fsp3) is 0.382. The van der Waals surface area contributed by atoms with Crippen molar-refractivity contribution >= 4 is 29.2 Å². The van der Waals surface area contributed by atoms with Crippen molar-refractivity contribution in [2.75, 3.05) is 36.5 Å². The van der Waals surface area contributed by atoms with E-state index >= 15 is 0 Å². The Morgan fingerprint density at radius 1 is 0.886 bits per heavy atom. The Labute approximate surface area is 255 Å². The second kappa shape index (κ2) is 13.5. The maximum absolute atomic E-state index is 13.2. The molecule has 0 aromatic heterocycles. The minimum atomic E-state index is -4.43. The topological polar surface area (TPSA) is 79.0 Å². The minimum absolute atomic E-state index is 0.0268. The molecule has 2 aliphatic rings. The van der Waals surface area contributed by atoms with E-state index in [1.54, 1.807) is 36.1 Å². The lowest BCUT2D eigenvalue weighted by molar-refractivity contribution is -0.153. The van der Waals surface area contributed by atoms with Crippen LogP contribution in [0.15, 0.2) is 72.8 Å². The van der Waals surface area contributed by atoms with Crippen LogP contribution in [0.1, 0.15) is 54.9 Å². The van der Waals surface area contributed by atoms with Crippen LogP contribution >= 0.6 is 0 Å². The third-order valence-corrected chi connectivity index (χ3v) is 8.39. The van der Waals surface area contributed by atoms with Crippen molar-refractivity contribution in [3.63, 3.8) is 0 Å². The minimum Gasteiger partial charge on any atom is -0.464 e. The molecule has 10 heteroatoms. The fourth-order valence-electron chi connectivity index (χ4n) is 6.03. The van der Waals surface area contributed by atoms with Crippen molar-refractivity contribution in [2.24, 2.45) is 5.92 Å². The molecule has 2 heterocycles. The van der Waals surface area contributed by atoms with Gasteiger partial charge in [-0.2, -0.15) is 13.2 Å². The number of anilines is 2. The highest BCUT2D eigenvalue weighted by Gasteiger charge is 2.36. The number of nitrogens with one attached hydrogen (secondary N) is 1. The van der Waals surface area contributed by atoms with Crippen LogP contribution in [0.2, 0.25) is 0 Å². The molecule has 3 aromatic rings. The van der Waals surface area contributed by atoms with E-state index in [0.29, 0.717) is 48.4 Å². The Kier molecular flexibility index (Phi) is 9.56. The van der Waals surface area contributed by atoms with Crippen LogP contribution in [0.5, 0.6) is 0 Å². The van der Waals surface area contributed by atoms with Crippen LogP contribution in [0, 0.1) is 5.92 Å². The molecule has 0 spiro atoms. The number of piperidine rings is 1. The maximum atomic E-state index is 13.2. The Morgan fingerprint density at radius 2 is 1.57 bits per heavy atom. The van der Waals surface area contributed by atoms with Gasteiger partial charge in [-0.1, -0.05) is 30.3 Å². The molecular weight excluding hydrogens is 571 g/mol. The van der Waals surface area contributed by atoms with Crippen LogP contribution in [-0.4, -0.2) is 55.0 Å². The molecule has 0 aliphatic carbocycles. The number of ether oxygens (including phenoxy) is 1. The molecule has 5 rings (SSSR count). The largest absolute Gasteiger partial charge is 0.464 e. The molecule has 2 aliphatic heterocycles. The third-order valence-electron chi connectivity index (χ3n) is 8.39. The van der Waals surface area contributed by atoms with Gasteiger partial charge in [0.25, 0.3) is 5.91 Å². The van der Waals surface area contributed by atoms with Gasteiger partial charge in [0, 0.05) is 43.0 Å². The van der Waals surface area contributed by atoms with Gasteiger partial charge in [0.15, 0.2) is 0 Å². The number of carbonyl (C=O) groups is 3. The molecule has 2 saturated heterocycles. The van der Waals surface area contributed by atoms with Gasteiger partial charge >= 0.3 is 12.1 Å². The van der Waals surface area contributed by atoms with Gasteiger partial charge in [-0.05, 0) is 92.1 Å². The number of esters is 1. The lowest BCUT2D eigenvalue weighted by Crippen LogP contribution is -2.43. The molecule has 0 radical (unpaired) electrons. The molecule has 7 nitrogen and oxygen atoms in total. The highest BCUT2D eigenvalue weighted by Crippen LogP contribution is 2.33. The number of hydrogen-bond acceptors (Lipinski definition) is 5. The number of nitrogens with zero attached hydrogens (tertiary/aromatic N) is 2. The second-order valence-electron chi connectivity index (χ2n) is 11.3. The normalized spacial score (nSPS) is 17.4. The van der Waals surface area contributed by atoms with E-state index in [1.807, 2.05) is 24.3 Å². The first-order valence-electron chi connectivity index (χ1n) is 15.0. The SMILES string of the molecule is CCOC(=O)[C@@H]1CCCN1C(=O)CC1CCN(c2ccc(NC(=O)c3ccccc3-c3ccc(C(F)(F)F)cc3)cc2)CC1. The predicted octanol–water partition coefficient (Wildman–Crippen LogP) is 6.79. The van der Waals surface area contributed by atoms with Gasteiger partial charge in [0.1, 0.15) is 6.04 Å². The molecule has 232 valence electrons. The van der Waals surface area contributed by atoms with Crippen molar-refractivity contribution in [1.82, 2.24) is 4.90 Å². The summed E-state index contributed by atoms with van der Waals surface area (Å²) in [7, 11) is 0. The van der Waals surface area contributed by atoms with Crippen LogP contribution in [0.25, 0.3) is 11.1 Å². The molecule has 0 saturated carbocycles. The number of benzene rings is 3. The molecule has 3 aromatic carbocycles. The van der Waals surface area contributed by atoms with Crippen LogP contribution in [-0.2, 0) is 20.5 Å². The number of halogens is 3. The summed E-state index contributed by atoms with van der Waals surface area (Å²) < 4.78 is 44.1. The molecular formula is C34H36F3N3O4. The zero-order chi connectivity index (χ0) is 31.3. The highest BCUT2D eigenvalue weighted by molar-refractivity contribution is 6.08. The summed E-state index contributed by atoms with van der Waals surface area (Å²) in [6, 6.07) is 18.7. The maximum Gasteiger partial charge on any atom is 0.416 e. The van der Waals surface area contributed by atoms with E-state index in [4.69, 9.17) is 4.74 Å². The van der Waals surface area contributed by atoms with E-state index in [2.05, 4.69) is 10.2 Å². The van der Waals surface area contributed by atoms with Crippen molar-refractivity contribution in [1.29, 1.82) is 0 Å². The van der Waals surface area contributed by atoms with Crippen LogP contribution < -0.4 is 10.2 Å². The first kappa shape index (κ1) is 31.1. The Bertz CT molecular complexity index is 1470. The monoisotopic (exact) mass is 607 g/mol. The average Bonchev–Trinajstić information content (AvgIpc) is 3.52. The standard InChI is InChI=1S/C34H36F3N3O4/c1-2-44-33(43)30-8-5-19-40(30)31(41)22-23-17-20-39(21-18-23)27-15-13-26(14-16-27)38-32(42)29-7-4-3-6-28(29)24-9-11-25(12-10-24)34(35,36)37/h3-4,6-7,9-16,23,30H,2,5,8,17-22H2,1H3,(H,38,42)/t30-/m0/s1. The summed E-state index contributed by atoms with van der Waals surface area (Å²) in [5.41, 5.74) is 2.28. The Morgan fingerprint density at radius 3 is 2.23 bits per heavy atom. The van der Waals surface area contributed by atoms with Crippen molar-refractivity contribution in [3.05, 3.63) is 83.9 Å². The summed E-state index contributed by atoms with van der Waals surface area (Å²) in [6.07, 6.45) is -0.796. The lowest BCUT2D eigenvalue weighted by Gasteiger charge is -2.34. The summed E-state index contributed by atoms with van der Waals surface area (Å²) in [5.74, 6) is -0.387. The Balaban J connectivity index is 1.15. The smallest absolute Gasteiger partial charge is 0.416 e. The molecule has 2 fully saturated rings. The van der Waals surface area contributed by atoms with Crippen molar-refractivity contribution < 1.29 is 32.3 Å². The summed E-state index contributed by atoms with van der Waals surface area (Å²) in [6.45, 7) is 4.27. The van der Waals surface area contributed by atoms with E-state index < -0.39 is 17.8 Å². The quantitative estimate of drug-likeness (QED) is 0.286. The van der Waals surface area contributed by atoms with Gasteiger partial charge in [-0.15, -0.1) is 0 Å². The van der Waals surface area contributed by atoms with Crippen LogP contribution in [0.3, 0.4) is 0 Å². The van der Waals surface area contributed by atoms with Gasteiger partial charge in [-0.25, -0.2) is 4.79 Å². The number of rotatable bonds is 8. The van der Waals surface area contributed by atoms with Crippen LogP contribution in [0.4, 0.5) is 24.5 Å². The van der Waals surface area contributed by atoms with Crippen molar-refractivity contribution in [3.8, 4) is 11.1 Å². The summed E-state index contributed by atoms with van der Waals surface area (Å²) >= 11 is 0. The van der Waals surface area contributed by atoms with Crippen molar-refractivity contribution in [2.45, 2.75) is 51.2 Å². The predicted molar refractivity (Wildman–Crippen MR) is 162 cm³/mol. The molecule has 0 unspecified atom stereocenters. The second-order valence-corrected chi connectivity index (χ2v) is 11.3. The Hall–Kier alpha value is -4.34. The van der Waals surface area contributed by atoms with Gasteiger partial charge < -0.3 is 19.9 Å². The van der Waals surface area contributed by atoms with E-state index in [1.165, 1.54) is 12.1 Å². The average molecular weight is 608 g/mol. The van der Waals surface area contributed by atoms with E-state index in [-0.39, 0.29) is 23.7 Å². The summed E-state index contributed by atoms with van der Waals surface area (Å²) in [4.78, 5) is 42.4. The number of hydrogen-bond donors (Lipinski definition) is 1. The number of carbonyl (C=O) groups excluding carboxylic acids is 3. The number of likely N-dealkylation sites (tertiary alicyclic amines) is 1. The zero-order valence-electron chi connectivity index (χ0n) is 24.6. The van der Waals surface area contributed by atoms with E-state index in [9.17, 15) is 27.6 Å². The zero-order valence-corrected chi connectivity index (χ0v) is 24.6. The number of alkyl halides is 3. The molecule has 44 heavy (non-hydrogen) atoms. The lowest BCUT2D eigenvalue weighted by atomic mass is 9.92. The fourth-order valence-corrected chi connectivity index (χ4v) is 6.03. The molecule has 1 N–H and O–H groups in total. The van der Waals surface area contributed by atoms with Gasteiger partial charge in [-0.3, -0.25) is 9.59 Å². The first-order chi connectivity index (χ1) is 21.1. The van der Waals surface area contributed by atoms with E-state index in [0.717, 1.165) is 50.2 Å². The molecule has 0 bridgehead atoms. The van der Waals surface area contributed by atoms with Gasteiger partial charge in [0.05, 0.1) is 12.2 Å². The third kappa shape index (κ3) is 7.23. The summed E-state index contributed by atoms with van der Waals surface area (Å²) in [5, 5.41) is 2.90. The first-order valence-corrected chi connectivity index (χ1v) is 15.0. The molecule has 2 amide bonds. The number of amides is 2. The molecule has 1 atom stereocenters. The highest BCUT2D eigenvalue weighted by atomic mass is 19.4.